The molecule has 4 rings (SSSR count). The van der Waals surface area contributed by atoms with E-state index in [0.29, 0.717) is 18.4 Å². The number of hydrogen-bond acceptors (Lipinski definition) is 7. The van der Waals surface area contributed by atoms with Crippen LogP contribution in [0.3, 0.4) is 0 Å². The first-order valence-corrected chi connectivity index (χ1v) is 15.6. The van der Waals surface area contributed by atoms with Crippen molar-refractivity contribution in [2.45, 2.75) is 56.6 Å². The van der Waals surface area contributed by atoms with Crippen LogP contribution in [0.5, 0.6) is 0 Å². The van der Waals surface area contributed by atoms with Crippen LogP contribution >= 0.6 is 0 Å². The zero-order valence-electron chi connectivity index (χ0n) is 26.3. The summed E-state index contributed by atoms with van der Waals surface area (Å²) in [6.45, 7) is 0. The van der Waals surface area contributed by atoms with Gasteiger partial charge in [-0.15, -0.1) is 0 Å². The number of nitro benzene ring substituents is 1. The van der Waals surface area contributed by atoms with E-state index in [-0.39, 0.29) is 36.8 Å². The quantitative estimate of drug-likeness (QED) is 0.0464. The average molecular weight is 638 g/mol. The van der Waals surface area contributed by atoms with Crippen LogP contribution < -0.4 is 10.8 Å². The Hall–Kier alpha value is -5.35. The molecule has 244 valence electrons. The lowest BCUT2D eigenvalue weighted by Gasteiger charge is -2.35. The minimum atomic E-state index is -1.06. The zero-order valence-corrected chi connectivity index (χ0v) is 26.3. The molecule has 47 heavy (non-hydrogen) atoms. The van der Waals surface area contributed by atoms with E-state index in [2.05, 4.69) is 10.8 Å². The highest BCUT2D eigenvalue weighted by atomic mass is 16.7. The van der Waals surface area contributed by atoms with Crippen molar-refractivity contribution in [3.8, 4) is 0 Å². The van der Waals surface area contributed by atoms with Gasteiger partial charge in [0.25, 0.3) is 5.69 Å². The number of hydrogen-bond donors (Lipinski definition) is 2. The van der Waals surface area contributed by atoms with E-state index in [1.165, 1.54) is 19.2 Å². The van der Waals surface area contributed by atoms with Gasteiger partial charge >= 0.3 is 5.97 Å². The molecular formula is C37H39N3O7. The molecule has 0 aromatic heterocycles. The summed E-state index contributed by atoms with van der Waals surface area (Å²) in [5.74, 6) is -1.14. The lowest BCUT2D eigenvalue weighted by Crippen LogP contribution is -2.43. The molecule has 0 saturated carbocycles. The Morgan fingerprint density at radius 1 is 0.702 bits per heavy atom. The van der Waals surface area contributed by atoms with Crippen molar-refractivity contribution in [1.29, 1.82) is 0 Å². The Kier molecular flexibility index (Phi) is 12.8. The van der Waals surface area contributed by atoms with Crippen LogP contribution in [0.2, 0.25) is 0 Å². The Balaban J connectivity index is 1.26. The van der Waals surface area contributed by atoms with E-state index in [0.717, 1.165) is 29.5 Å². The minimum absolute atomic E-state index is 0.0583. The molecule has 10 nitrogen and oxygen atoms in total. The predicted molar refractivity (Wildman–Crippen MR) is 177 cm³/mol. The third-order valence-corrected chi connectivity index (χ3v) is 7.82. The minimum Gasteiger partial charge on any atom is -0.467 e. The van der Waals surface area contributed by atoms with Crippen molar-refractivity contribution in [2.75, 3.05) is 7.11 Å². The van der Waals surface area contributed by atoms with Gasteiger partial charge in [0.2, 0.25) is 11.8 Å². The fourth-order valence-electron chi connectivity index (χ4n) is 5.40. The number of carbonyl (C=O) groups is 3. The standard InChI is InChI=1S/C37H39N3O7/c1-46-36(43)33(27-28-23-25-32(26-24-28)40(44)45)38-34(41)21-13-2-3-14-22-35(42)39-47-37(29-15-7-4-8-16-29,30-17-9-5-10-18-30)31-19-11-6-12-20-31/h4-12,15-20,23-26,33H,2-3,13-14,21-22,27H2,1H3,(H,38,41)(H,39,42)/t33-/m0/s1. The molecule has 2 amide bonds. The summed E-state index contributed by atoms with van der Waals surface area (Å²) >= 11 is 0. The Labute approximate surface area is 274 Å². The molecule has 0 aliphatic heterocycles. The first-order chi connectivity index (χ1) is 22.8. The predicted octanol–water partition coefficient (Wildman–Crippen LogP) is 6.18. The topological polar surface area (TPSA) is 137 Å². The van der Waals surface area contributed by atoms with Crippen molar-refractivity contribution in [3.05, 3.63) is 148 Å². The smallest absolute Gasteiger partial charge is 0.328 e. The largest absolute Gasteiger partial charge is 0.467 e. The van der Waals surface area contributed by atoms with Gasteiger partial charge in [0.1, 0.15) is 6.04 Å². The number of amides is 2. The van der Waals surface area contributed by atoms with Gasteiger partial charge in [-0.3, -0.25) is 24.5 Å². The summed E-state index contributed by atoms with van der Waals surface area (Å²) in [7, 11) is 1.24. The summed E-state index contributed by atoms with van der Waals surface area (Å²) in [5, 5.41) is 13.6. The number of ether oxygens (including phenoxy) is 1. The van der Waals surface area contributed by atoms with Gasteiger partial charge in [0, 0.05) is 31.4 Å². The van der Waals surface area contributed by atoms with Gasteiger partial charge in [-0.05, 0) is 35.1 Å². The summed E-state index contributed by atoms with van der Waals surface area (Å²) < 4.78 is 4.83. The molecule has 4 aromatic rings. The van der Waals surface area contributed by atoms with Crippen molar-refractivity contribution in [2.24, 2.45) is 0 Å². The summed E-state index contributed by atoms with van der Waals surface area (Å²) in [4.78, 5) is 54.6. The number of nitrogens with one attached hydrogen (secondary N) is 2. The van der Waals surface area contributed by atoms with E-state index in [4.69, 9.17) is 9.57 Å². The van der Waals surface area contributed by atoms with E-state index in [1.807, 2.05) is 91.0 Å². The SMILES string of the molecule is COC(=O)[C@H](Cc1ccc([N+](=O)[O-])cc1)NC(=O)CCCCCCC(=O)NOC(c1ccccc1)(c1ccccc1)c1ccccc1. The molecular weight excluding hydrogens is 598 g/mol. The molecule has 0 saturated heterocycles. The second-order valence-electron chi connectivity index (χ2n) is 11.1. The molecule has 0 fully saturated rings. The van der Waals surface area contributed by atoms with Crippen molar-refractivity contribution in [1.82, 2.24) is 10.8 Å². The van der Waals surface area contributed by atoms with Crippen LogP contribution in [0.1, 0.15) is 60.8 Å². The molecule has 10 heteroatoms. The maximum atomic E-state index is 13.0. The third-order valence-electron chi connectivity index (χ3n) is 7.82. The van der Waals surface area contributed by atoms with Crippen LogP contribution in [-0.2, 0) is 36.0 Å². The lowest BCUT2D eigenvalue weighted by molar-refractivity contribution is -0.384. The number of esters is 1. The normalized spacial score (nSPS) is 11.7. The fourth-order valence-corrected chi connectivity index (χ4v) is 5.40. The summed E-state index contributed by atoms with van der Waals surface area (Å²) in [5.41, 5.74) is 4.87. The third kappa shape index (κ3) is 9.57. The van der Waals surface area contributed by atoms with Crippen LogP contribution in [0.4, 0.5) is 5.69 Å². The van der Waals surface area contributed by atoms with Crippen LogP contribution in [-0.4, -0.2) is 35.9 Å². The molecule has 0 unspecified atom stereocenters. The van der Waals surface area contributed by atoms with Gasteiger partial charge < -0.3 is 10.1 Å². The number of methoxy groups -OCH3 is 1. The average Bonchev–Trinajstić information content (AvgIpc) is 3.11. The number of unbranched alkanes of at least 4 members (excludes halogenated alkanes) is 3. The fraction of sp³-hybridized carbons (Fsp3) is 0.270. The summed E-state index contributed by atoms with van der Waals surface area (Å²) in [6.07, 6.45) is 3.23. The van der Waals surface area contributed by atoms with Crippen LogP contribution in [0.15, 0.2) is 115 Å². The van der Waals surface area contributed by atoms with Crippen molar-refractivity contribution >= 4 is 23.5 Å². The maximum Gasteiger partial charge on any atom is 0.328 e. The van der Waals surface area contributed by atoms with E-state index in [9.17, 15) is 24.5 Å². The highest BCUT2D eigenvalue weighted by Gasteiger charge is 2.39. The molecule has 1 atom stereocenters. The molecule has 4 aromatic carbocycles. The van der Waals surface area contributed by atoms with Crippen molar-refractivity contribution < 1.29 is 28.9 Å². The second kappa shape index (κ2) is 17.4. The zero-order chi connectivity index (χ0) is 33.5. The van der Waals surface area contributed by atoms with E-state index >= 15 is 0 Å². The first-order valence-electron chi connectivity index (χ1n) is 15.6. The number of hydroxylamine groups is 1. The number of benzene rings is 4. The highest BCUT2D eigenvalue weighted by Crippen LogP contribution is 2.39. The van der Waals surface area contributed by atoms with Gasteiger partial charge in [-0.25, -0.2) is 10.3 Å². The van der Waals surface area contributed by atoms with Gasteiger partial charge in [-0.2, -0.15) is 0 Å². The van der Waals surface area contributed by atoms with Gasteiger partial charge in [0.05, 0.1) is 12.0 Å². The molecule has 0 radical (unpaired) electrons. The molecule has 0 aliphatic rings. The van der Waals surface area contributed by atoms with E-state index in [1.54, 1.807) is 12.1 Å². The Morgan fingerprint density at radius 3 is 1.62 bits per heavy atom. The molecule has 0 aliphatic carbocycles. The molecule has 0 bridgehead atoms. The molecule has 0 spiro atoms. The number of carbonyl (C=O) groups excluding carboxylic acids is 3. The van der Waals surface area contributed by atoms with Crippen LogP contribution in [0, 0.1) is 10.1 Å². The van der Waals surface area contributed by atoms with E-state index < -0.39 is 22.5 Å². The van der Waals surface area contributed by atoms with Gasteiger partial charge in [0.15, 0.2) is 5.60 Å². The lowest BCUT2D eigenvalue weighted by atomic mass is 9.80. The number of non-ortho nitro benzene ring substituents is 1. The molecule has 2 N–H and O–H groups in total. The highest BCUT2D eigenvalue weighted by molar-refractivity contribution is 5.84. The number of nitrogens with zero attached hydrogens (tertiary/aromatic N) is 1. The first kappa shape index (κ1) is 34.5. The van der Waals surface area contributed by atoms with Gasteiger partial charge in [-0.1, -0.05) is 116 Å². The van der Waals surface area contributed by atoms with Crippen molar-refractivity contribution in [3.63, 3.8) is 0 Å². The molecule has 0 heterocycles. The Morgan fingerprint density at radius 2 is 1.17 bits per heavy atom. The second-order valence-corrected chi connectivity index (χ2v) is 11.1. The van der Waals surface area contributed by atoms with Crippen LogP contribution in [0.25, 0.3) is 0 Å². The monoisotopic (exact) mass is 637 g/mol. The summed E-state index contributed by atoms with van der Waals surface area (Å²) in [6, 6.07) is 34.2. The maximum absolute atomic E-state index is 13.0. The number of nitro groups is 1. The number of rotatable bonds is 17. The Bertz CT molecular complexity index is 1500.